The van der Waals surface area contributed by atoms with Gasteiger partial charge in [0, 0.05) is 30.4 Å². The fraction of sp³-hybridized carbons (Fsp3) is 0.111. The maximum Gasteiger partial charge on any atom is 0.251 e. The third-order valence-corrected chi connectivity index (χ3v) is 3.69. The summed E-state index contributed by atoms with van der Waals surface area (Å²) in [6.45, 7) is 0.509. The second-order valence-corrected chi connectivity index (χ2v) is 5.34. The Bertz CT molecular complexity index is 909. The van der Waals surface area contributed by atoms with Gasteiger partial charge in [0.15, 0.2) is 0 Å². The third-order valence-electron chi connectivity index (χ3n) is 3.69. The molecule has 25 heavy (non-hydrogen) atoms. The number of hydrogen-bond donors (Lipinski definition) is 2. The highest BCUT2D eigenvalue weighted by atomic mass is 16.1. The molecule has 7 heteroatoms. The number of nitrogen functional groups attached to an aromatic ring is 1. The fourth-order valence-corrected chi connectivity index (χ4v) is 2.36. The lowest BCUT2D eigenvalue weighted by Crippen LogP contribution is -2.25. The van der Waals surface area contributed by atoms with Gasteiger partial charge in [-0.25, -0.2) is 4.68 Å². The van der Waals surface area contributed by atoms with Crippen LogP contribution in [0.1, 0.15) is 21.6 Å². The number of rotatable bonds is 5. The molecule has 1 amide bonds. The number of anilines is 1. The van der Waals surface area contributed by atoms with Gasteiger partial charge in [-0.15, -0.1) is 0 Å². The Morgan fingerprint density at radius 3 is 2.68 bits per heavy atom. The Balaban J connectivity index is 1.62. The summed E-state index contributed by atoms with van der Waals surface area (Å²) in [7, 11) is 0. The maximum atomic E-state index is 12.2. The highest BCUT2D eigenvalue weighted by Gasteiger charge is 2.10. The first-order valence-electron chi connectivity index (χ1n) is 7.71. The Morgan fingerprint density at radius 2 is 2.04 bits per heavy atom. The van der Waals surface area contributed by atoms with Crippen LogP contribution < -0.4 is 11.1 Å². The maximum absolute atomic E-state index is 12.2. The highest BCUT2D eigenvalue weighted by molar-refractivity contribution is 5.94. The number of nitrogens with zero attached hydrogens (tertiary/aromatic N) is 4. The van der Waals surface area contributed by atoms with Gasteiger partial charge in [0.1, 0.15) is 17.5 Å². The van der Waals surface area contributed by atoms with Gasteiger partial charge in [0.05, 0.1) is 11.9 Å². The van der Waals surface area contributed by atoms with Crippen molar-refractivity contribution in [1.82, 2.24) is 20.1 Å². The van der Waals surface area contributed by atoms with Gasteiger partial charge < -0.3 is 11.1 Å². The molecule has 124 valence electrons. The minimum absolute atomic E-state index is 0.159. The van der Waals surface area contributed by atoms with E-state index in [2.05, 4.69) is 15.4 Å². The van der Waals surface area contributed by atoms with Crippen molar-refractivity contribution < 1.29 is 4.79 Å². The van der Waals surface area contributed by atoms with Gasteiger partial charge in [0.2, 0.25) is 0 Å². The van der Waals surface area contributed by atoms with Crippen LogP contribution in [0.5, 0.6) is 0 Å². The molecule has 0 aliphatic rings. The monoisotopic (exact) mass is 332 g/mol. The summed E-state index contributed by atoms with van der Waals surface area (Å²) in [6, 6.07) is 14.5. The van der Waals surface area contributed by atoms with Crippen LogP contribution in [0, 0.1) is 11.3 Å². The highest BCUT2D eigenvalue weighted by Crippen LogP contribution is 2.16. The van der Waals surface area contributed by atoms with E-state index in [9.17, 15) is 4.79 Å². The van der Waals surface area contributed by atoms with Crippen LogP contribution in [0.3, 0.4) is 0 Å². The number of benzene rings is 1. The van der Waals surface area contributed by atoms with E-state index < -0.39 is 0 Å². The lowest BCUT2D eigenvalue weighted by Gasteiger charge is -2.07. The molecule has 3 aromatic rings. The van der Waals surface area contributed by atoms with Gasteiger partial charge >= 0.3 is 0 Å². The fourth-order valence-electron chi connectivity index (χ4n) is 2.36. The van der Waals surface area contributed by atoms with E-state index >= 15 is 0 Å². The number of hydrogen-bond acceptors (Lipinski definition) is 5. The number of nitriles is 1. The SMILES string of the molecule is N#Cc1cnn(-c2ccc(C(=O)NCCc3ccccn3)cc2)c1N. The van der Waals surface area contributed by atoms with E-state index in [4.69, 9.17) is 11.0 Å². The second-order valence-electron chi connectivity index (χ2n) is 5.34. The average Bonchev–Trinajstić information content (AvgIpc) is 3.03. The number of pyridine rings is 1. The summed E-state index contributed by atoms with van der Waals surface area (Å²) in [5.74, 6) is 0.115. The molecule has 7 nitrogen and oxygen atoms in total. The van der Waals surface area contributed by atoms with E-state index in [-0.39, 0.29) is 11.7 Å². The van der Waals surface area contributed by atoms with Crippen LogP contribution in [-0.4, -0.2) is 27.2 Å². The summed E-state index contributed by atoms with van der Waals surface area (Å²) in [4.78, 5) is 16.4. The first-order chi connectivity index (χ1) is 12.2. The van der Waals surface area contributed by atoms with Crippen LogP contribution in [0.25, 0.3) is 5.69 Å². The molecule has 0 fully saturated rings. The van der Waals surface area contributed by atoms with Crippen molar-refractivity contribution in [2.45, 2.75) is 6.42 Å². The lowest BCUT2D eigenvalue weighted by atomic mass is 10.2. The number of nitrogens with one attached hydrogen (secondary N) is 1. The Labute approximate surface area is 144 Å². The van der Waals surface area contributed by atoms with Crippen LogP contribution in [0.4, 0.5) is 5.82 Å². The molecule has 0 saturated heterocycles. The molecule has 0 aliphatic carbocycles. The first kappa shape index (κ1) is 16.2. The molecule has 0 bridgehead atoms. The topological polar surface area (TPSA) is 110 Å². The number of carbonyl (C=O) groups is 1. The molecule has 0 saturated carbocycles. The summed E-state index contributed by atoms with van der Waals surface area (Å²) < 4.78 is 1.46. The Kier molecular flexibility index (Phi) is 4.72. The van der Waals surface area contributed by atoms with Gasteiger partial charge in [0.25, 0.3) is 5.91 Å². The third kappa shape index (κ3) is 3.64. The van der Waals surface area contributed by atoms with Crippen molar-refractivity contribution in [3.8, 4) is 11.8 Å². The minimum atomic E-state index is -0.159. The van der Waals surface area contributed by atoms with Crippen molar-refractivity contribution >= 4 is 11.7 Å². The second kappa shape index (κ2) is 7.27. The van der Waals surface area contributed by atoms with Crippen molar-refractivity contribution in [2.24, 2.45) is 0 Å². The van der Waals surface area contributed by atoms with Gasteiger partial charge in [-0.3, -0.25) is 9.78 Å². The van der Waals surface area contributed by atoms with Crippen molar-refractivity contribution in [2.75, 3.05) is 12.3 Å². The van der Waals surface area contributed by atoms with Crippen LogP contribution >= 0.6 is 0 Å². The zero-order chi connectivity index (χ0) is 17.6. The molecule has 0 unspecified atom stereocenters. The van der Waals surface area contributed by atoms with Crippen LogP contribution in [0.2, 0.25) is 0 Å². The number of amides is 1. The zero-order valence-corrected chi connectivity index (χ0v) is 13.4. The van der Waals surface area contributed by atoms with Gasteiger partial charge in [-0.05, 0) is 36.4 Å². The largest absolute Gasteiger partial charge is 0.382 e. The Morgan fingerprint density at radius 1 is 1.24 bits per heavy atom. The van der Waals surface area contributed by atoms with E-state index in [1.54, 1.807) is 30.5 Å². The molecule has 2 aromatic heterocycles. The average molecular weight is 332 g/mol. The van der Waals surface area contributed by atoms with E-state index in [0.717, 1.165) is 5.69 Å². The zero-order valence-electron chi connectivity index (χ0n) is 13.4. The quantitative estimate of drug-likeness (QED) is 0.739. The smallest absolute Gasteiger partial charge is 0.251 e. The van der Waals surface area contributed by atoms with E-state index in [1.165, 1.54) is 10.9 Å². The summed E-state index contributed by atoms with van der Waals surface area (Å²) >= 11 is 0. The molecule has 3 rings (SSSR count). The molecule has 2 heterocycles. The first-order valence-corrected chi connectivity index (χ1v) is 7.71. The molecule has 0 radical (unpaired) electrons. The number of aromatic nitrogens is 3. The summed E-state index contributed by atoms with van der Waals surface area (Å²) in [5.41, 5.74) is 8.33. The molecule has 0 spiro atoms. The van der Waals surface area contributed by atoms with Gasteiger partial charge in [-0.1, -0.05) is 6.07 Å². The molecule has 0 aliphatic heterocycles. The van der Waals surface area contributed by atoms with Crippen molar-refractivity contribution in [3.63, 3.8) is 0 Å². The molecule has 0 atom stereocenters. The standard InChI is InChI=1S/C18H16N6O/c19-11-14-12-23-24(17(14)20)16-6-4-13(5-7-16)18(25)22-10-8-15-3-1-2-9-21-15/h1-7,9,12H,8,10,20H2,(H,22,25). The van der Waals surface area contributed by atoms with Crippen LogP contribution in [0.15, 0.2) is 54.9 Å². The molecule has 3 N–H and O–H groups in total. The predicted molar refractivity (Wildman–Crippen MR) is 93.0 cm³/mol. The molecular formula is C18H16N6O. The predicted octanol–water partition coefficient (Wildman–Crippen LogP) is 1.69. The lowest BCUT2D eigenvalue weighted by molar-refractivity contribution is 0.0954. The number of nitrogens with two attached hydrogens (primary N) is 1. The molecule has 1 aromatic carbocycles. The Hall–Kier alpha value is -3.66. The normalized spacial score (nSPS) is 10.2. The number of carbonyl (C=O) groups excluding carboxylic acids is 1. The van der Waals surface area contributed by atoms with Crippen molar-refractivity contribution in [3.05, 3.63) is 71.7 Å². The molecular weight excluding hydrogens is 316 g/mol. The van der Waals surface area contributed by atoms with Crippen molar-refractivity contribution in [1.29, 1.82) is 5.26 Å². The van der Waals surface area contributed by atoms with E-state index in [1.807, 2.05) is 24.3 Å². The van der Waals surface area contributed by atoms with E-state index in [0.29, 0.717) is 29.8 Å². The van der Waals surface area contributed by atoms with Crippen LogP contribution in [-0.2, 0) is 6.42 Å². The summed E-state index contributed by atoms with van der Waals surface area (Å²) in [6.07, 6.45) is 3.81. The van der Waals surface area contributed by atoms with Gasteiger partial charge in [-0.2, -0.15) is 10.4 Å². The minimum Gasteiger partial charge on any atom is -0.382 e. The summed E-state index contributed by atoms with van der Waals surface area (Å²) in [5, 5.41) is 15.9.